The number of hydrogen-bond acceptors (Lipinski definition) is 7. The number of pyridine rings is 2. The van der Waals surface area contributed by atoms with Gasteiger partial charge in [0.25, 0.3) is 5.91 Å². The van der Waals surface area contributed by atoms with Crippen molar-refractivity contribution in [3.05, 3.63) is 35.8 Å². The van der Waals surface area contributed by atoms with Crippen molar-refractivity contribution in [1.82, 2.24) is 9.97 Å². The number of carbonyl (C=O) groups excluding carboxylic acids is 1. The highest BCUT2D eigenvalue weighted by atomic mass is 19.1. The number of anilines is 3. The Hall–Kier alpha value is -2.94. The summed E-state index contributed by atoms with van der Waals surface area (Å²) in [6.45, 7) is 3.78. The lowest BCUT2D eigenvalue weighted by Crippen LogP contribution is -2.43. The largest absolute Gasteiger partial charge is 0.475 e. The Morgan fingerprint density at radius 2 is 2.03 bits per heavy atom. The van der Waals surface area contributed by atoms with Gasteiger partial charge in [0.1, 0.15) is 5.82 Å². The molecule has 1 aliphatic carbocycles. The third-order valence-electron chi connectivity index (χ3n) is 4.74. The lowest BCUT2D eigenvalue weighted by Gasteiger charge is -2.30. The third-order valence-corrected chi connectivity index (χ3v) is 4.74. The molecule has 2 atom stereocenters. The average molecular weight is 402 g/mol. The second-order valence-electron chi connectivity index (χ2n) is 7.45. The molecule has 0 aliphatic heterocycles. The predicted octanol–water partition coefficient (Wildman–Crippen LogP) is 2.93. The van der Waals surface area contributed by atoms with Gasteiger partial charge in [-0.2, -0.15) is 0 Å². The van der Waals surface area contributed by atoms with Crippen LogP contribution in [0.15, 0.2) is 24.4 Å². The Kier molecular flexibility index (Phi) is 6.48. The fraction of sp³-hybridized carbons (Fsp3) is 0.450. The van der Waals surface area contributed by atoms with E-state index in [1.807, 2.05) is 13.8 Å². The Morgan fingerprint density at radius 1 is 1.28 bits per heavy atom. The standard InChI is InChI=1S/C20H27FN6O2/c1-11(2)29-17-9-12(7-8-24-17)25-19-13(18(23)28)10-14(21)20(27-19)26-16-6-4-3-5-15(16)22/h7-11,15-16H,3-6,22H2,1-2H3,(H2,23,28)(H2,24,25,26,27)/t15-,16?/m0/s1. The Bertz CT molecular complexity index is 876. The second kappa shape index (κ2) is 9.04. The molecule has 0 spiro atoms. The number of nitrogens with zero attached hydrogens (tertiary/aromatic N) is 2. The van der Waals surface area contributed by atoms with Crippen LogP contribution in [0.2, 0.25) is 0 Å². The molecule has 3 rings (SSSR count). The van der Waals surface area contributed by atoms with Gasteiger partial charge in [0.05, 0.1) is 11.7 Å². The highest BCUT2D eigenvalue weighted by Gasteiger charge is 2.24. The maximum atomic E-state index is 14.6. The first-order valence-corrected chi connectivity index (χ1v) is 9.75. The minimum atomic E-state index is -0.785. The molecule has 0 aromatic carbocycles. The van der Waals surface area contributed by atoms with Gasteiger partial charge in [0, 0.05) is 30.0 Å². The van der Waals surface area contributed by atoms with Crippen LogP contribution in [-0.2, 0) is 0 Å². The highest BCUT2D eigenvalue weighted by molar-refractivity contribution is 5.98. The van der Waals surface area contributed by atoms with Gasteiger partial charge >= 0.3 is 0 Å². The quantitative estimate of drug-likeness (QED) is 0.560. The number of nitrogens with two attached hydrogens (primary N) is 2. The Morgan fingerprint density at radius 3 is 2.72 bits per heavy atom. The van der Waals surface area contributed by atoms with Crippen LogP contribution < -0.4 is 26.8 Å². The summed E-state index contributed by atoms with van der Waals surface area (Å²) >= 11 is 0. The fourth-order valence-electron chi connectivity index (χ4n) is 3.32. The summed E-state index contributed by atoms with van der Waals surface area (Å²) in [6.07, 6.45) is 5.31. The van der Waals surface area contributed by atoms with Gasteiger partial charge in [-0.05, 0) is 38.8 Å². The molecule has 0 radical (unpaired) electrons. The number of primary amides is 1. The number of rotatable bonds is 7. The van der Waals surface area contributed by atoms with Gasteiger partial charge in [-0.15, -0.1) is 0 Å². The average Bonchev–Trinajstić information content (AvgIpc) is 2.65. The third kappa shape index (κ3) is 5.32. The molecule has 1 fully saturated rings. The second-order valence-corrected chi connectivity index (χ2v) is 7.45. The molecule has 9 heteroatoms. The van der Waals surface area contributed by atoms with E-state index in [2.05, 4.69) is 20.6 Å². The van der Waals surface area contributed by atoms with E-state index < -0.39 is 11.7 Å². The molecule has 2 heterocycles. The SMILES string of the molecule is CC(C)Oc1cc(Nc2nc(NC3CCCC[C@@H]3N)c(F)cc2C(N)=O)ccn1. The summed E-state index contributed by atoms with van der Waals surface area (Å²) in [5, 5.41) is 6.10. The smallest absolute Gasteiger partial charge is 0.252 e. The molecular weight excluding hydrogens is 375 g/mol. The van der Waals surface area contributed by atoms with Crippen LogP contribution in [0, 0.1) is 5.82 Å². The van der Waals surface area contributed by atoms with E-state index in [-0.39, 0.29) is 35.4 Å². The van der Waals surface area contributed by atoms with Crippen LogP contribution in [0.4, 0.5) is 21.7 Å². The van der Waals surface area contributed by atoms with E-state index in [1.54, 1.807) is 18.3 Å². The zero-order chi connectivity index (χ0) is 21.0. The molecule has 1 amide bonds. The maximum Gasteiger partial charge on any atom is 0.252 e. The number of aromatic nitrogens is 2. The minimum absolute atomic E-state index is 0.0348. The van der Waals surface area contributed by atoms with Crippen molar-refractivity contribution in [2.75, 3.05) is 10.6 Å². The summed E-state index contributed by atoms with van der Waals surface area (Å²) < 4.78 is 20.2. The first-order chi connectivity index (χ1) is 13.8. The molecule has 1 saturated carbocycles. The van der Waals surface area contributed by atoms with E-state index in [0.29, 0.717) is 11.6 Å². The molecule has 8 nitrogen and oxygen atoms in total. The zero-order valence-electron chi connectivity index (χ0n) is 16.6. The molecule has 1 aliphatic rings. The van der Waals surface area contributed by atoms with Crippen LogP contribution >= 0.6 is 0 Å². The molecule has 29 heavy (non-hydrogen) atoms. The number of halogens is 1. The van der Waals surface area contributed by atoms with Crippen LogP contribution in [0.3, 0.4) is 0 Å². The van der Waals surface area contributed by atoms with Gasteiger partial charge < -0.3 is 26.8 Å². The van der Waals surface area contributed by atoms with Crippen molar-refractivity contribution in [2.45, 2.75) is 57.7 Å². The summed E-state index contributed by atoms with van der Waals surface area (Å²) in [5.74, 6) is -0.840. The predicted molar refractivity (Wildman–Crippen MR) is 110 cm³/mol. The topological polar surface area (TPSA) is 128 Å². The molecule has 0 bridgehead atoms. The molecule has 2 aromatic heterocycles. The van der Waals surface area contributed by atoms with Crippen molar-refractivity contribution in [2.24, 2.45) is 11.5 Å². The molecule has 0 saturated heterocycles. The van der Waals surface area contributed by atoms with Crippen LogP contribution in [-0.4, -0.2) is 34.1 Å². The molecule has 156 valence electrons. The lowest BCUT2D eigenvalue weighted by atomic mass is 9.91. The first-order valence-electron chi connectivity index (χ1n) is 9.75. The minimum Gasteiger partial charge on any atom is -0.475 e. The lowest BCUT2D eigenvalue weighted by molar-refractivity contribution is 0.100. The molecule has 6 N–H and O–H groups in total. The van der Waals surface area contributed by atoms with Crippen molar-refractivity contribution in [1.29, 1.82) is 0 Å². The van der Waals surface area contributed by atoms with Crippen molar-refractivity contribution in [3.63, 3.8) is 0 Å². The Balaban J connectivity index is 1.89. The molecule has 1 unspecified atom stereocenters. The van der Waals surface area contributed by atoms with Crippen LogP contribution in [0.25, 0.3) is 0 Å². The number of hydrogen-bond donors (Lipinski definition) is 4. The zero-order valence-corrected chi connectivity index (χ0v) is 16.6. The fourth-order valence-corrected chi connectivity index (χ4v) is 3.32. The number of nitrogens with one attached hydrogen (secondary N) is 2. The Labute approximate surface area is 169 Å². The van der Waals surface area contributed by atoms with E-state index in [0.717, 1.165) is 31.7 Å². The van der Waals surface area contributed by atoms with Crippen LogP contribution in [0.5, 0.6) is 5.88 Å². The summed E-state index contributed by atoms with van der Waals surface area (Å²) in [6, 6.07) is 4.28. The molecular formula is C20H27FN6O2. The van der Waals surface area contributed by atoms with Crippen molar-refractivity contribution < 1.29 is 13.9 Å². The van der Waals surface area contributed by atoms with Gasteiger partial charge in [-0.1, -0.05) is 12.8 Å². The van der Waals surface area contributed by atoms with E-state index in [1.165, 1.54) is 0 Å². The van der Waals surface area contributed by atoms with Gasteiger partial charge in [0.2, 0.25) is 5.88 Å². The van der Waals surface area contributed by atoms with Crippen molar-refractivity contribution in [3.8, 4) is 5.88 Å². The monoisotopic (exact) mass is 402 g/mol. The molecule has 2 aromatic rings. The summed E-state index contributed by atoms with van der Waals surface area (Å²) in [7, 11) is 0. The highest BCUT2D eigenvalue weighted by Crippen LogP contribution is 2.27. The van der Waals surface area contributed by atoms with E-state index in [4.69, 9.17) is 16.2 Å². The van der Waals surface area contributed by atoms with Gasteiger partial charge in [-0.3, -0.25) is 4.79 Å². The number of carbonyl (C=O) groups is 1. The number of ether oxygens (including phenoxy) is 1. The van der Waals surface area contributed by atoms with Gasteiger partial charge in [0.15, 0.2) is 11.6 Å². The number of amides is 1. The maximum absolute atomic E-state index is 14.6. The van der Waals surface area contributed by atoms with Crippen molar-refractivity contribution >= 4 is 23.2 Å². The van der Waals surface area contributed by atoms with Gasteiger partial charge in [-0.25, -0.2) is 14.4 Å². The normalized spacial score (nSPS) is 19.1. The van der Waals surface area contributed by atoms with E-state index >= 15 is 0 Å². The first kappa shape index (κ1) is 20.8. The summed E-state index contributed by atoms with van der Waals surface area (Å²) in [5.41, 5.74) is 12.1. The summed E-state index contributed by atoms with van der Waals surface area (Å²) in [4.78, 5) is 20.3. The van der Waals surface area contributed by atoms with E-state index in [9.17, 15) is 9.18 Å². The van der Waals surface area contributed by atoms with Crippen LogP contribution in [0.1, 0.15) is 49.9 Å².